The molecule has 0 unspecified atom stereocenters. The van der Waals surface area contributed by atoms with Crippen LogP contribution in [0.25, 0.3) is 0 Å². The molecular weight excluding hydrogens is 107 g/mol. The molecule has 24 valence electrons. The minimum atomic E-state index is -0.130. The Labute approximate surface area is 36.7 Å². The molecule has 0 nitrogen and oxygen atoms in total. The quantitative estimate of drug-likeness (QED) is 0.318. The summed E-state index contributed by atoms with van der Waals surface area (Å²) in [7, 11) is 5.30. The van der Waals surface area contributed by atoms with Gasteiger partial charge < -0.3 is 0 Å². The Balaban J connectivity index is 4.13. The van der Waals surface area contributed by atoms with E-state index in [1.165, 1.54) is 9.50 Å². The Morgan fingerprint density at radius 2 is 3.50 bits per heavy atom. The third-order valence-corrected chi connectivity index (χ3v) is 1.12. The van der Waals surface area contributed by atoms with Crippen molar-refractivity contribution < 1.29 is 2.74 Å². The molecule has 3 heteroatoms. The zero-order valence-corrected chi connectivity index (χ0v) is 4.45. The molecule has 0 aromatic heterocycles. The van der Waals surface area contributed by atoms with Gasteiger partial charge in [0.1, 0.15) is 0 Å². The molecule has 0 saturated heterocycles. The normalized spacial score (nSPS) is 11.0. The SMILES string of the molecule is [2H]C([3H])=S=S=P. The Bertz CT molecular complexity index is 116. The minimum Gasteiger partial charge on any atom is -0.0926 e. The zero-order chi connectivity index (χ0) is 4.99. The smallest absolute Gasteiger partial charge is 0.0662 e. The summed E-state index contributed by atoms with van der Waals surface area (Å²) in [5, 5.41) is 0. The Kier molecular flexibility index (Phi) is 1.72. The van der Waals surface area contributed by atoms with Crippen LogP contribution in [0.2, 0.25) is 0 Å². The van der Waals surface area contributed by atoms with Crippen LogP contribution >= 0.6 is 8.02 Å². The van der Waals surface area contributed by atoms with Gasteiger partial charge in [0.05, 0.1) is 2.74 Å². The molecule has 0 aliphatic carbocycles. The fourth-order valence-corrected chi connectivity index (χ4v) is 0. The topological polar surface area (TPSA) is 0 Å². The Morgan fingerprint density at radius 1 is 2.75 bits per heavy atom. The molecule has 0 fully saturated rings. The third-order valence-electron chi connectivity index (χ3n) is 0.0417. The van der Waals surface area contributed by atoms with E-state index in [4.69, 9.17) is 2.74 Å². The summed E-state index contributed by atoms with van der Waals surface area (Å²) in [5.41, 5.74) is 0. The average Bonchev–Trinajstić information content (AvgIpc) is 1.35. The Hall–Kier alpha value is 0.610. The summed E-state index contributed by atoms with van der Waals surface area (Å²) in [4.78, 5) is 0. The molecular formula is CH3PS2. The predicted octanol–water partition coefficient (Wildman–Crippen LogP) is 0.556. The highest BCUT2D eigenvalue weighted by molar-refractivity contribution is 8.33. The van der Waals surface area contributed by atoms with Crippen LogP contribution in [0.4, 0.5) is 0 Å². The third kappa shape index (κ3) is 2.61. The fourth-order valence-electron chi connectivity index (χ4n) is 0. The summed E-state index contributed by atoms with van der Waals surface area (Å²) >= 11 is 0. The monoisotopic (exact) mass is 113 g/mol. The molecule has 0 spiro atoms. The second kappa shape index (κ2) is 3.61. The zero-order valence-electron chi connectivity index (χ0n) is 3.82. The van der Waals surface area contributed by atoms with Gasteiger partial charge in [0.25, 0.3) is 0 Å². The van der Waals surface area contributed by atoms with E-state index >= 15 is 0 Å². The van der Waals surface area contributed by atoms with Gasteiger partial charge in [0.2, 0.25) is 0 Å². The first kappa shape index (κ1) is 1.91. The molecule has 0 heterocycles. The lowest BCUT2D eigenvalue weighted by Crippen LogP contribution is -1.14. The first-order valence-corrected chi connectivity index (χ1v) is 3.95. The summed E-state index contributed by atoms with van der Waals surface area (Å²) in [6.07, 6.45) is 0. The van der Waals surface area contributed by atoms with Crippen molar-refractivity contribution in [2.24, 2.45) is 0 Å². The van der Waals surface area contributed by atoms with Crippen LogP contribution in [0.15, 0.2) is 0 Å². The van der Waals surface area contributed by atoms with Crippen LogP contribution in [0.3, 0.4) is 0 Å². The number of hydrogen-bond acceptors (Lipinski definition) is 0. The predicted molar refractivity (Wildman–Crippen MR) is 30.2 cm³/mol. The summed E-state index contributed by atoms with van der Waals surface area (Å²) in [6.45, 7) is 0. The molecule has 0 aromatic carbocycles. The number of rotatable bonds is 0. The summed E-state index contributed by atoms with van der Waals surface area (Å²) < 4.78 is 12.9. The average molecular weight is 113 g/mol. The van der Waals surface area contributed by atoms with Gasteiger partial charge >= 0.3 is 0 Å². The largest absolute Gasteiger partial charge is 0.0926 e. The second-order valence-corrected chi connectivity index (χ2v) is 3.00. The van der Waals surface area contributed by atoms with Crippen molar-refractivity contribution >= 4 is 33.2 Å². The lowest BCUT2D eigenvalue weighted by atomic mass is 12.0. The van der Waals surface area contributed by atoms with Gasteiger partial charge in [-0.25, -0.2) is 0 Å². The molecule has 4 heavy (non-hydrogen) atoms. The first-order valence-electron chi connectivity index (χ1n) is 1.57. The standard InChI is InChI=1S/CH3PS2/c1-3-4-2/h2H,1H2/i1TD. The lowest BCUT2D eigenvalue weighted by molar-refractivity contribution is 4.79. The van der Waals surface area contributed by atoms with Crippen molar-refractivity contribution in [2.75, 3.05) is 0 Å². The highest BCUT2D eigenvalue weighted by Gasteiger charge is 1.08. The molecule has 0 aliphatic heterocycles. The highest BCUT2D eigenvalue weighted by Crippen LogP contribution is 1.39. The van der Waals surface area contributed by atoms with Gasteiger partial charge in [0.15, 0.2) is 0 Å². The van der Waals surface area contributed by atoms with Crippen LogP contribution in [0, 0.1) is 0 Å². The van der Waals surface area contributed by atoms with Crippen molar-refractivity contribution in [3.05, 3.63) is 0 Å². The van der Waals surface area contributed by atoms with Crippen LogP contribution in [0.1, 0.15) is 2.74 Å². The molecule has 0 amide bonds. The van der Waals surface area contributed by atoms with Gasteiger partial charge in [0, 0.05) is 0 Å². The molecule has 0 saturated carbocycles. The lowest BCUT2D eigenvalue weighted by Gasteiger charge is -1.21. The van der Waals surface area contributed by atoms with Crippen molar-refractivity contribution in [3.8, 4) is 0 Å². The van der Waals surface area contributed by atoms with Gasteiger partial charge in [-0.2, -0.15) is 0 Å². The van der Waals surface area contributed by atoms with Gasteiger partial charge in [-0.15, -0.1) is 0 Å². The maximum Gasteiger partial charge on any atom is 0.0662 e. The van der Waals surface area contributed by atoms with Gasteiger partial charge in [-0.3, -0.25) is 0 Å². The van der Waals surface area contributed by atoms with E-state index in [9.17, 15) is 0 Å². The van der Waals surface area contributed by atoms with E-state index in [-0.39, 0.29) is 5.82 Å². The molecule has 0 bridgehead atoms. The Morgan fingerprint density at radius 3 is 3.50 bits per heavy atom. The second-order valence-electron chi connectivity index (χ2n) is 0.167. The van der Waals surface area contributed by atoms with Crippen molar-refractivity contribution in [1.82, 2.24) is 0 Å². The maximum atomic E-state index is 6.47. The molecule has 0 N–H and O–H groups in total. The van der Waals surface area contributed by atoms with Crippen LogP contribution in [-0.4, -0.2) is 5.82 Å². The molecule has 0 radical (unpaired) electrons. The van der Waals surface area contributed by atoms with Crippen molar-refractivity contribution in [3.63, 3.8) is 0 Å². The maximum absolute atomic E-state index is 6.47. The van der Waals surface area contributed by atoms with Crippen LogP contribution < -0.4 is 0 Å². The first-order chi connectivity index (χ1) is 2.77. The molecule has 0 aromatic rings. The van der Waals surface area contributed by atoms with Crippen molar-refractivity contribution in [2.45, 2.75) is 0 Å². The van der Waals surface area contributed by atoms with Crippen molar-refractivity contribution in [1.29, 1.82) is 0 Å². The van der Waals surface area contributed by atoms with E-state index in [0.717, 1.165) is 9.91 Å². The fraction of sp³-hybridized carbons (Fsp3) is 0. The van der Waals surface area contributed by atoms with E-state index in [1.807, 2.05) is 0 Å². The summed E-state index contributed by atoms with van der Waals surface area (Å²) in [5.74, 6) is -0.130. The minimum absolute atomic E-state index is 0.130. The van der Waals surface area contributed by atoms with E-state index in [0.29, 0.717) is 0 Å². The van der Waals surface area contributed by atoms with E-state index < -0.39 is 0 Å². The van der Waals surface area contributed by atoms with Gasteiger partial charge in [-0.1, -0.05) is 19.4 Å². The number of hydrogen-bond donors (Lipinski definition) is 0. The molecule has 0 aliphatic rings. The highest BCUT2D eigenvalue weighted by atomic mass is 32.9. The molecule has 0 atom stereocenters. The summed E-state index contributed by atoms with van der Waals surface area (Å²) in [6, 6.07) is 0. The van der Waals surface area contributed by atoms with Gasteiger partial charge in [-0.05, 0) is 13.8 Å². The van der Waals surface area contributed by atoms with E-state index in [1.54, 1.807) is 0 Å². The van der Waals surface area contributed by atoms with Crippen LogP contribution in [-0.2, 0) is 19.4 Å². The van der Waals surface area contributed by atoms with Crippen LogP contribution in [0.5, 0.6) is 0 Å². The van der Waals surface area contributed by atoms with E-state index in [2.05, 4.69) is 8.02 Å². The molecule has 0 rings (SSSR count).